The van der Waals surface area contributed by atoms with Crippen LogP contribution in [0.15, 0.2) is 35.7 Å². The van der Waals surface area contributed by atoms with Gasteiger partial charge in [-0.1, -0.05) is 12.1 Å². The minimum atomic E-state index is 0.838. The SMILES string of the molecule is Nc1ccc(-c2cccs2)cc1N1CCCCN1. The Hall–Kier alpha value is -1.52. The van der Waals surface area contributed by atoms with Gasteiger partial charge in [-0.3, -0.25) is 0 Å². The van der Waals surface area contributed by atoms with Crippen LogP contribution in [0, 0.1) is 0 Å². The summed E-state index contributed by atoms with van der Waals surface area (Å²) in [5.41, 5.74) is 12.7. The van der Waals surface area contributed by atoms with Gasteiger partial charge in [0.15, 0.2) is 0 Å². The van der Waals surface area contributed by atoms with Crippen LogP contribution in [0.2, 0.25) is 0 Å². The predicted molar refractivity (Wildman–Crippen MR) is 78.8 cm³/mol. The molecule has 0 unspecified atom stereocenters. The normalized spacial score (nSPS) is 15.9. The summed E-state index contributed by atoms with van der Waals surface area (Å²) in [7, 11) is 0. The number of hydrogen-bond donors (Lipinski definition) is 2. The topological polar surface area (TPSA) is 41.3 Å². The first-order chi connectivity index (χ1) is 8.84. The summed E-state index contributed by atoms with van der Waals surface area (Å²) in [6.07, 6.45) is 2.46. The van der Waals surface area contributed by atoms with Crippen LogP contribution in [0.5, 0.6) is 0 Å². The third-order valence-corrected chi connectivity index (χ3v) is 4.16. The van der Waals surface area contributed by atoms with E-state index in [4.69, 9.17) is 5.73 Å². The zero-order valence-electron chi connectivity index (χ0n) is 10.2. The van der Waals surface area contributed by atoms with Crippen LogP contribution in [0.4, 0.5) is 11.4 Å². The summed E-state index contributed by atoms with van der Waals surface area (Å²) >= 11 is 1.76. The number of anilines is 2. The van der Waals surface area contributed by atoms with E-state index >= 15 is 0 Å². The van der Waals surface area contributed by atoms with Gasteiger partial charge in [0.2, 0.25) is 0 Å². The fourth-order valence-corrected chi connectivity index (χ4v) is 2.99. The standard InChI is InChI=1S/C14H17N3S/c15-12-6-5-11(14-4-3-9-18-14)10-13(12)17-8-2-1-7-16-17/h3-6,9-10,16H,1-2,7-8,15H2. The lowest BCUT2D eigenvalue weighted by molar-refractivity contribution is 0.512. The monoisotopic (exact) mass is 259 g/mol. The Labute approximate surface area is 111 Å². The van der Waals surface area contributed by atoms with Crippen molar-refractivity contribution in [3.05, 3.63) is 35.7 Å². The Morgan fingerprint density at radius 2 is 2.17 bits per heavy atom. The second kappa shape index (κ2) is 5.00. The second-order valence-corrected chi connectivity index (χ2v) is 5.47. The van der Waals surface area contributed by atoms with E-state index in [2.05, 4.69) is 40.1 Å². The van der Waals surface area contributed by atoms with Crippen molar-refractivity contribution in [3.63, 3.8) is 0 Å². The molecule has 0 spiro atoms. The van der Waals surface area contributed by atoms with E-state index in [0.29, 0.717) is 0 Å². The molecule has 94 valence electrons. The van der Waals surface area contributed by atoms with Gasteiger partial charge in [-0.05, 0) is 42.0 Å². The van der Waals surface area contributed by atoms with Gasteiger partial charge in [0, 0.05) is 18.0 Å². The quantitative estimate of drug-likeness (QED) is 0.814. The molecule has 0 atom stereocenters. The van der Waals surface area contributed by atoms with Gasteiger partial charge < -0.3 is 10.7 Å². The van der Waals surface area contributed by atoms with E-state index in [1.807, 2.05) is 6.07 Å². The maximum atomic E-state index is 6.10. The highest BCUT2D eigenvalue weighted by molar-refractivity contribution is 7.13. The smallest absolute Gasteiger partial charge is 0.0755 e. The van der Waals surface area contributed by atoms with Crippen LogP contribution in [-0.2, 0) is 0 Å². The molecule has 3 nitrogen and oxygen atoms in total. The zero-order valence-corrected chi connectivity index (χ0v) is 11.0. The van der Waals surface area contributed by atoms with E-state index in [1.165, 1.54) is 23.3 Å². The van der Waals surface area contributed by atoms with Crippen LogP contribution in [0.1, 0.15) is 12.8 Å². The summed E-state index contributed by atoms with van der Waals surface area (Å²) < 4.78 is 0. The number of thiophene rings is 1. The molecule has 1 aromatic heterocycles. The van der Waals surface area contributed by atoms with Crippen LogP contribution in [-0.4, -0.2) is 13.1 Å². The maximum absolute atomic E-state index is 6.10. The Morgan fingerprint density at radius 3 is 2.89 bits per heavy atom. The van der Waals surface area contributed by atoms with E-state index in [1.54, 1.807) is 11.3 Å². The number of hydrazine groups is 1. The van der Waals surface area contributed by atoms with Gasteiger partial charge in [0.25, 0.3) is 0 Å². The van der Waals surface area contributed by atoms with Crippen molar-refractivity contribution in [2.45, 2.75) is 12.8 Å². The summed E-state index contributed by atoms with van der Waals surface area (Å²) in [6.45, 7) is 2.06. The summed E-state index contributed by atoms with van der Waals surface area (Å²) in [5.74, 6) is 0. The molecule has 1 fully saturated rings. The first kappa shape index (κ1) is 11.6. The van der Waals surface area contributed by atoms with Crippen LogP contribution in [0.25, 0.3) is 10.4 Å². The van der Waals surface area contributed by atoms with Crippen molar-refractivity contribution in [1.82, 2.24) is 5.43 Å². The number of nitrogens with zero attached hydrogens (tertiary/aromatic N) is 1. The Bertz CT molecular complexity index is 516. The van der Waals surface area contributed by atoms with Gasteiger partial charge in [-0.25, -0.2) is 5.43 Å². The molecule has 2 aromatic rings. The first-order valence-corrected chi connectivity index (χ1v) is 7.17. The van der Waals surface area contributed by atoms with E-state index < -0.39 is 0 Å². The molecule has 0 amide bonds. The van der Waals surface area contributed by atoms with E-state index in [-0.39, 0.29) is 0 Å². The van der Waals surface area contributed by atoms with Crippen molar-refractivity contribution in [2.75, 3.05) is 23.8 Å². The summed E-state index contributed by atoms with van der Waals surface area (Å²) in [5, 5.41) is 4.28. The van der Waals surface area contributed by atoms with Crippen molar-refractivity contribution in [3.8, 4) is 10.4 Å². The van der Waals surface area contributed by atoms with Gasteiger partial charge in [0.1, 0.15) is 0 Å². The van der Waals surface area contributed by atoms with Crippen LogP contribution in [0.3, 0.4) is 0 Å². The molecular formula is C14H17N3S. The van der Waals surface area contributed by atoms with Crippen molar-refractivity contribution in [1.29, 1.82) is 0 Å². The molecule has 3 rings (SSSR count). The molecule has 4 heteroatoms. The van der Waals surface area contributed by atoms with E-state index in [0.717, 1.165) is 24.5 Å². The number of hydrogen-bond acceptors (Lipinski definition) is 4. The van der Waals surface area contributed by atoms with Crippen molar-refractivity contribution < 1.29 is 0 Å². The Morgan fingerprint density at radius 1 is 1.22 bits per heavy atom. The molecule has 0 aliphatic carbocycles. The van der Waals surface area contributed by atoms with Gasteiger partial charge in [0.05, 0.1) is 11.4 Å². The Balaban J connectivity index is 1.95. The van der Waals surface area contributed by atoms with Crippen molar-refractivity contribution >= 4 is 22.7 Å². The molecule has 1 saturated heterocycles. The number of nitrogens with one attached hydrogen (secondary N) is 1. The second-order valence-electron chi connectivity index (χ2n) is 4.52. The largest absolute Gasteiger partial charge is 0.397 e. The molecule has 0 radical (unpaired) electrons. The van der Waals surface area contributed by atoms with Gasteiger partial charge in [-0.15, -0.1) is 11.3 Å². The molecule has 18 heavy (non-hydrogen) atoms. The lowest BCUT2D eigenvalue weighted by Crippen LogP contribution is -2.43. The highest BCUT2D eigenvalue weighted by Crippen LogP contribution is 2.32. The number of rotatable bonds is 2. The maximum Gasteiger partial charge on any atom is 0.0755 e. The zero-order chi connectivity index (χ0) is 12.4. The number of nitrogens with two attached hydrogens (primary N) is 1. The van der Waals surface area contributed by atoms with E-state index in [9.17, 15) is 0 Å². The molecule has 1 aliphatic heterocycles. The minimum Gasteiger partial charge on any atom is -0.397 e. The molecular weight excluding hydrogens is 242 g/mol. The fourth-order valence-electron chi connectivity index (χ4n) is 2.27. The highest BCUT2D eigenvalue weighted by atomic mass is 32.1. The molecule has 1 aromatic carbocycles. The third kappa shape index (κ3) is 2.21. The first-order valence-electron chi connectivity index (χ1n) is 6.29. The van der Waals surface area contributed by atoms with Gasteiger partial charge in [-0.2, -0.15) is 0 Å². The van der Waals surface area contributed by atoms with Crippen LogP contribution < -0.4 is 16.2 Å². The van der Waals surface area contributed by atoms with Crippen LogP contribution >= 0.6 is 11.3 Å². The minimum absolute atomic E-state index is 0.838. The molecule has 1 aliphatic rings. The predicted octanol–water partition coefficient (Wildman–Crippen LogP) is 3.10. The molecule has 3 N–H and O–H groups in total. The summed E-state index contributed by atoms with van der Waals surface area (Å²) in [4.78, 5) is 1.29. The average Bonchev–Trinajstić information content (AvgIpc) is 2.94. The molecule has 0 bridgehead atoms. The fraction of sp³-hybridized carbons (Fsp3) is 0.286. The Kier molecular flexibility index (Phi) is 3.21. The number of benzene rings is 1. The third-order valence-electron chi connectivity index (χ3n) is 3.24. The van der Waals surface area contributed by atoms with Crippen molar-refractivity contribution in [2.24, 2.45) is 0 Å². The number of nitrogen functional groups attached to an aromatic ring is 1. The highest BCUT2D eigenvalue weighted by Gasteiger charge is 2.14. The molecule has 0 saturated carbocycles. The summed E-state index contributed by atoms with van der Waals surface area (Å²) in [6, 6.07) is 10.5. The lowest BCUT2D eigenvalue weighted by atomic mass is 10.1. The lowest BCUT2D eigenvalue weighted by Gasteiger charge is -2.30. The van der Waals surface area contributed by atoms with Gasteiger partial charge >= 0.3 is 0 Å². The average molecular weight is 259 g/mol. The molecule has 2 heterocycles.